The fourth-order valence-corrected chi connectivity index (χ4v) is 2.97. The number of carbonyl (C=O) groups excluding carboxylic acids is 1. The van der Waals surface area contributed by atoms with E-state index in [0.29, 0.717) is 6.54 Å². The van der Waals surface area contributed by atoms with Crippen molar-refractivity contribution in [1.29, 1.82) is 0 Å². The largest absolute Gasteiger partial charge is 0.336 e. The van der Waals surface area contributed by atoms with Gasteiger partial charge in [-0.1, -0.05) is 12.1 Å². The minimum atomic E-state index is 0.0625. The summed E-state index contributed by atoms with van der Waals surface area (Å²) in [5.41, 5.74) is 2.03. The molecule has 0 atom stereocenters. The van der Waals surface area contributed by atoms with Crippen LogP contribution in [0.3, 0.4) is 0 Å². The average molecular weight is 327 g/mol. The van der Waals surface area contributed by atoms with Crippen molar-refractivity contribution in [3.05, 3.63) is 48.5 Å². The summed E-state index contributed by atoms with van der Waals surface area (Å²) in [4.78, 5) is 20.9. The zero-order valence-electron chi connectivity index (χ0n) is 14.2. The van der Waals surface area contributed by atoms with E-state index in [1.807, 2.05) is 49.9 Å². The fourth-order valence-electron chi connectivity index (χ4n) is 2.97. The molecule has 3 rings (SSSR count). The molecule has 0 spiro atoms. The Morgan fingerprint density at radius 2 is 1.96 bits per heavy atom. The summed E-state index contributed by atoms with van der Waals surface area (Å²) >= 11 is 0. The van der Waals surface area contributed by atoms with Gasteiger partial charge in [0.05, 0.1) is 12.9 Å². The van der Waals surface area contributed by atoms with Crippen LogP contribution in [0, 0.1) is 6.92 Å². The number of aromatic nitrogens is 2. The first-order valence-electron chi connectivity index (χ1n) is 8.46. The molecule has 6 heteroatoms. The Morgan fingerprint density at radius 1 is 1.17 bits per heavy atom. The van der Waals surface area contributed by atoms with E-state index < -0.39 is 0 Å². The smallest absolute Gasteiger partial charge is 0.238 e. The van der Waals surface area contributed by atoms with Crippen LogP contribution >= 0.6 is 0 Å². The van der Waals surface area contributed by atoms with Gasteiger partial charge in [-0.2, -0.15) is 0 Å². The van der Waals surface area contributed by atoms with Gasteiger partial charge in [0, 0.05) is 57.3 Å². The molecule has 2 heterocycles. The number of nitrogens with one attached hydrogen (secondary N) is 1. The van der Waals surface area contributed by atoms with Crippen LogP contribution in [0.2, 0.25) is 0 Å². The van der Waals surface area contributed by atoms with Gasteiger partial charge < -0.3 is 9.88 Å². The highest BCUT2D eigenvalue weighted by Crippen LogP contribution is 2.10. The second-order valence-corrected chi connectivity index (χ2v) is 6.34. The summed E-state index contributed by atoms with van der Waals surface area (Å²) in [6.45, 7) is 8.37. The lowest BCUT2D eigenvalue weighted by atomic mass is 10.2. The molecule has 1 aromatic heterocycles. The van der Waals surface area contributed by atoms with Crippen LogP contribution in [0.25, 0.3) is 0 Å². The van der Waals surface area contributed by atoms with E-state index in [9.17, 15) is 4.79 Å². The highest BCUT2D eigenvalue weighted by atomic mass is 16.2. The van der Waals surface area contributed by atoms with E-state index >= 15 is 0 Å². The van der Waals surface area contributed by atoms with Gasteiger partial charge in [-0.05, 0) is 24.6 Å². The number of nitrogens with zero attached hydrogens (tertiary/aromatic N) is 4. The number of piperazine rings is 1. The van der Waals surface area contributed by atoms with Crippen LogP contribution in [-0.2, 0) is 11.3 Å². The Balaban J connectivity index is 1.38. The summed E-state index contributed by atoms with van der Waals surface area (Å²) in [6.07, 6.45) is 5.66. The normalized spacial score (nSPS) is 16.2. The Kier molecular flexibility index (Phi) is 5.61. The van der Waals surface area contributed by atoms with Crippen molar-refractivity contribution in [3.63, 3.8) is 0 Å². The topological polar surface area (TPSA) is 53.4 Å². The van der Waals surface area contributed by atoms with Crippen LogP contribution in [0.1, 0.15) is 5.56 Å². The Labute approximate surface area is 143 Å². The van der Waals surface area contributed by atoms with Crippen LogP contribution in [0.5, 0.6) is 0 Å². The van der Waals surface area contributed by atoms with E-state index in [-0.39, 0.29) is 5.91 Å². The minimum absolute atomic E-state index is 0.0625. The lowest BCUT2D eigenvalue weighted by Gasteiger charge is -2.34. The molecule has 1 saturated heterocycles. The van der Waals surface area contributed by atoms with Gasteiger partial charge in [0.2, 0.25) is 5.91 Å². The first-order valence-corrected chi connectivity index (χ1v) is 8.46. The zero-order chi connectivity index (χ0) is 16.8. The van der Waals surface area contributed by atoms with Crippen LogP contribution in [0.15, 0.2) is 43.0 Å². The third-order valence-corrected chi connectivity index (χ3v) is 4.37. The molecule has 1 aromatic carbocycles. The summed E-state index contributed by atoms with van der Waals surface area (Å²) in [5, 5.41) is 2.98. The molecular formula is C18H25N5O. The predicted molar refractivity (Wildman–Crippen MR) is 94.9 cm³/mol. The predicted octanol–water partition coefficient (Wildman–Crippen LogP) is 1.45. The second-order valence-electron chi connectivity index (χ2n) is 6.34. The number of benzene rings is 1. The van der Waals surface area contributed by atoms with Crippen LogP contribution in [0.4, 0.5) is 5.69 Å². The number of amides is 1. The molecular weight excluding hydrogens is 302 g/mol. The Morgan fingerprint density at radius 3 is 2.67 bits per heavy atom. The summed E-state index contributed by atoms with van der Waals surface area (Å²) in [6, 6.07) is 7.91. The summed E-state index contributed by atoms with van der Waals surface area (Å²) in [5.74, 6) is 0.0625. The first-order chi connectivity index (χ1) is 11.7. The molecule has 1 aliphatic rings. The minimum Gasteiger partial charge on any atom is -0.336 e. The summed E-state index contributed by atoms with van der Waals surface area (Å²) in [7, 11) is 0. The lowest BCUT2D eigenvalue weighted by molar-refractivity contribution is -0.117. The molecule has 24 heavy (non-hydrogen) atoms. The van der Waals surface area contributed by atoms with Crippen molar-refractivity contribution >= 4 is 11.6 Å². The van der Waals surface area contributed by atoms with Crippen molar-refractivity contribution in [2.24, 2.45) is 0 Å². The van der Waals surface area contributed by atoms with E-state index in [0.717, 1.165) is 50.5 Å². The van der Waals surface area contributed by atoms with E-state index in [4.69, 9.17) is 0 Å². The van der Waals surface area contributed by atoms with Crippen molar-refractivity contribution in [3.8, 4) is 0 Å². The molecule has 1 aliphatic heterocycles. The Bertz CT molecular complexity index is 647. The molecule has 0 bridgehead atoms. The van der Waals surface area contributed by atoms with Crippen molar-refractivity contribution < 1.29 is 4.79 Å². The quantitative estimate of drug-likeness (QED) is 0.872. The maximum atomic E-state index is 12.2. The van der Waals surface area contributed by atoms with E-state index in [1.165, 1.54) is 0 Å². The number of rotatable bonds is 6. The molecule has 0 radical (unpaired) electrons. The molecule has 0 saturated carbocycles. The number of hydrogen-bond acceptors (Lipinski definition) is 4. The van der Waals surface area contributed by atoms with Crippen LogP contribution < -0.4 is 5.32 Å². The van der Waals surface area contributed by atoms with Gasteiger partial charge in [-0.15, -0.1) is 0 Å². The third kappa shape index (κ3) is 4.91. The molecule has 1 N–H and O–H groups in total. The second kappa shape index (κ2) is 8.08. The van der Waals surface area contributed by atoms with E-state index in [1.54, 1.807) is 0 Å². The van der Waals surface area contributed by atoms with Crippen LogP contribution in [-0.4, -0.2) is 64.5 Å². The number of anilines is 1. The van der Waals surface area contributed by atoms with Gasteiger partial charge in [0.25, 0.3) is 0 Å². The molecule has 0 unspecified atom stereocenters. The van der Waals surface area contributed by atoms with Gasteiger partial charge in [-0.25, -0.2) is 4.98 Å². The standard InChI is InChI=1S/C18H25N5O/c1-16-3-2-4-17(13-16)20-18(24)14-22-10-7-21(8-11-22)9-12-23-6-5-19-15-23/h2-6,13,15H,7-12,14H2,1H3,(H,20,24). The monoisotopic (exact) mass is 327 g/mol. The van der Waals surface area contributed by atoms with Crippen molar-refractivity contribution in [2.45, 2.75) is 13.5 Å². The molecule has 2 aromatic rings. The highest BCUT2D eigenvalue weighted by Gasteiger charge is 2.18. The number of aryl methyl sites for hydroxylation is 1. The number of carbonyl (C=O) groups is 1. The fraction of sp³-hybridized carbons (Fsp3) is 0.444. The molecule has 1 fully saturated rings. The Hall–Kier alpha value is -2.18. The van der Waals surface area contributed by atoms with Crippen molar-refractivity contribution in [1.82, 2.24) is 19.4 Å². The van der Waals surface area contributed by atoms with Gasteiger partial charge in [0.1, 0.15) is 0 Å². The van der Waals surface area contributed by atoms with E-state index in [2.05, 4.69) is 24.7 Å². The molecule has 0 aliphatic carbocycles. The SMILES string of the molecule is Cc1cccc(NC(=O)CN2CCN(CCn3ccnc3)CC2)c1. The number of imidazole rings is 1. The average Bonchev–Trinajstić information content (AvgIpc) is 3.07. The zero-order valence-corrected chi connectivity index (χ0v) is 14.2. The third-order valence-electron chi connectivity index (χ3n) is 4.37. The van der Waals surface area contributed by atoms with Gasteiger partial charge >= 0.3 is 0 Å². The van der Waals surface area contributed by atoms with Gasteiger partial charge in [-0.3, -0.25) is 14.6 Å². The van der Waals surface area contributed by atoms with Gasteiger partial charge in [0.15, 0.2) is 0 Å². The molecule has 128 valence electrons. The lowest BCUT2D eigenvalue weighted by Crippen LogP contribution is -2.49. The summed E-state index contributed by atoms with van der Waals surface area (Å²) < 4.78 is 2.10. The highest BCUT2D eigenvalue weighted by molar-refractivity contribution is 5.92. The first kappa shape index (κ1) is 16.7. The number of hydrogen-bond donors (Lipinski definition) is 1. The maximum absolute atomic E-state index is 12.2. The molecule has 6 nitrogen and oxygen atoms in total. The van der Waals surface area contributed by atoms with Crippen molar-refractivity contribution in [2.75, 3.05) is 44.6 Å². The maximum Gasteiger partial charge on any atom is 0.238 e. The molecule has 1 amide bonds.